The quantitative estimate of drug-likeness (QED) is 0.148. The summed E-state index contributed by atoms with van der Waals surface area (Å²) in [6.45, 7) is 0. The van der Waals surface area contributed by atoms with Gasteiger partial charge in [0.05, 0.1) is 17.6 Å². The number of ether oxygens (including phenoxy) is 3. The largest absolute Gasteiger partial charge is 0.493 e. The molecule has 0 unspecified atom stereocenters. The molecule has 3 aromatic carbocycles. The summed E-state index contributed by atoms with van der Waals surface area (Å²) in [5.74, 6) is -0.873. The molecule has 0 radical (unpaired) electrons. The van der Waals surface area contributed by atoms with Crippen molar-refractivity contribution in [2.24, 2.45) is 4.99 Å². The number of carbonyl (C=O) groups is 2. The van der Waals surface area contributed by atoms with E-state index in [0.717, 1.165) is 10.5 Å². The van der Waals surface area contributed by atoms with E-state index in [4.69, 9.17) is 14.2 Å². The van der Waals surface area contributed by atoms with Gasteiger partial charge in [-0.1, -0.05) is 34.1 Å². The molecule has 0 amide bonds. The van der Waals surface area contributed by atoms with E-state index in [1.165, 1.54) is 37.5 Å². The molecule has 0 atom stereocenters. The fourth-order valence-electron chi connectivity index (χ4n) is 3.08. The van der Waals surface area contributed by atoms with E-state index >= 15 is 0 Å². The van der Waals surface area contributed by atoms with Crippen LogP contribution in [-0.2, 0) is 9.53 Å². The van der Waals surface area contributed by atoms with Gasteiger partial charge < -0.3 is 14.2 Å². The molecule has 4 rings (SSSR count). The first-order valence-electron chi connectivity index (χ1n) is 9.77. The van der Waals surface area contributed by atoms with Crippen molar-refractivity contribution in [2.75, 3.05) is 7.11 Å². The molecule has 1 aliphatic heterocycles. The summed E-state index contributed by atoms with van der Waals surface area (Å²) >= 11 is 3.37. The van der Waals surface area contributed by atoms with Crippen molar-refractivity contribution in [3.8, 4) is 11.5 Å². The van der Waals surface area contributed by atoms with Crippen LogP contribution in [0.4, 0.5) is 5.69 Å². The SMILES string of the molecule is COc1cc(/C=C2\N=C(c3cccc(Br)c3)OC2=O)ccc1OC(=O)c1cccc([N+](=O)[O-])c1. The average molecular weight is 523 g/mol. The topological polar surface area (TPSA) is 117 Å². The maximum Gasteiger partial charge on any atom is 0.363 e. The van der Waals surface area contributed by atoms with E-state index in [0.29, 0.717) is 11.1 Å². The van der Waals surface area contributed by atoms with Crippen LogP contribution in [0.3, 0.4) is 0 Å². The maximum atomic E-state index is 12.5. The van der Waals surface area contributed by atoms with Gasteiger partial charge in [-0.2, -0.15) is 0 Å². The zero-order valence-corrected chi connectivity index (χ0v) is 19.1. The normalized spacial score (nSPS) is 13.9. The second-order valence-corrected chi connectivity index (χ2v) is 7.87. The Morgan fingerprint density at radius 3 is 2.62 bits per heavy atom. The van der Waals surface area contributed by atoms with Gasteiger partial charge in [0.1, 0.15) is 0 Å². The highest BCUT2D eigenvalue weighted by Gasteiger charge is 2.24. The number of halogens is 1. The number of carbonyl (C=O) groups excluding carboxylic acids is 2. The Morgan fingerprint density at radius 1 is 1.09 bits per heavy atom. The standard InChI is InChI=1S/C24H15BrN2O7/c1-32-21-11-14(10-19-24(29)34-22(26-19)15-4-2-6-17(25)12-15)8-9-20(21)33-23(28)16-5-3-7-18(13-16)27(30)31/h2-13H,1H3/b19-10-. The minimum absolute atomic E-state index is 0.0190. The smallest absolute Gasteiger partial charge is 0.363 e. The molecule has 0 spiro atoms. The third kappa shape index (κ3) is 5.02. The van der Waals surface area contributed by atoms with Gasteiger partial charge in [0.2, 0.25) is 5.90 Å². The van der Waals surface area contributed by atoms with Crippen molar-refractivity contribution >= 4 is 45.5 Å². The lowest BCUT2D eigenvalue weighted by Gasteiger charge is -2.10. The first kappa shape index (κ1) is 22.9. The van der Waals surface area contributed by atoms with E-state index in [2.05, 4.69) is 20.9 Å². The van der Waals surface area contributed by atoms with Crippen LogP contribution in [0.2, 0.25) is 0 Å². The molecule has 0 bridgehead atoms. The third-order valence-electron chi connectivity index (χ3n) is 4.68. The van der Waals surface area contributed by atoms with Crippen molar-refractivity contribution in [1.29, 1.82) is 0 Å². The highest BCUT2D eigenvalue weighted by atomic mass is 79.9. The minimum atomic E-state index is -0.782. The van der Waals surface area contributed by atoms with E-state index < -0.39 is 16.9 Å². The van der Waals surface area contributed by atoms with Gasteiger partial charge in [-0.3, -0.25) is 10.1 Å². The lowest BCUT2D eigenvalue weighted by atomic mass is 10.1. The predicted octanol–water partition coefficient (Wildman–Crippen LogP) is 4.93. The van der Waals surface area contributed by atoms with Crippen LogP contribution in [0.1, 0.15) is 21.5 Å². The molecular weight excluding hydrogens is 508 g/mol. The number of benzene rings is 3. The third-order valence-corrected chi connectivity index (χ3v) is 5.17. The number of nitrogens with zero attached hydrogens (tertiary/aromatic N) is 2. The number of hydrogen-bond acceptors (Lipinski definition) is 8. The number of methoxy groups -OCH3 is 1. The first-order chi connectivity index (χ1) is 16.3. The average Bonchev–Trinajstić information content (AvgIpc) is 3.20. The first-order valence-corrected chi connectivity index (χ1v) is 10.6. The number of aliphatic imine (C=N–C) groups is 1. The van der Waals surface area contributed by atoms with Crippen molar-refractivity contribution in [3.05, 3.63) is 104 Å². The number of rotatable bonds is 6. The van der Waals surface area contributed by atoms with Crippen LogP contribution < -0.4 is 9.47 Å². The van der Waals surface area contributed by atoms with Gasteiger partial charge >= 0.3 is 11.9 Å². The molecule has 0 saturated carbocycles. The molecule has 9 nitrogen and oxygen atoms in total. The molecule has 34 heavy (non-hydrogen) atoms. The summed E-state index contributed by atoms with van der Waals surface area (Å²) < 4.78 is 16.8. The van der Waals surface area contributed by atoms with Crippen molar-refractivity contribution in [3.63, 3.8) is 0 Å². The maximum absolute atomic E-state index is 12.5. The summed E-state index contributed by atoms with van der Waals surface area (Å²) in [6.07, 6.45) is 1.52. The van der Waals surface area contributed by atoms with Gasteiger partial charge in [-0.15, -0.1) is 0 Å². The number of nitro groups is 1. The minimum Gasteiger partial charge on any atom is -0.493 e. The molecule has 0 fully saturated rings. The van der Waals surface area contributed by atoms with Crippen molar-refractivity contribution in [1.82, 2.24) is 0 Å². The van der Waals surface area contributed by atoms with Gasteiger partial charge in [0.25, 0.3) is 5.69 Å². The number of hydrogen-bond donors (Lipinski definition) is 0. The van der Waals surface area contributed by atoms with Crippen LogP contribution in [0.15, 0.2) is 81.9 Å². The highest BCUT2D eigenvalue weighted by molar-refractivity contribution is 9.10. The van der Waals surface area contributed by atoms with E-state index in [9.17, 15) is 19.7 Å². The Bertz CT molecular complexity index is 1380. The van der Waals surface area contributed by atoms with Crippen LogP contribution in [-0.4, -0.2) is 29.9 Å². The molecule has 0 aromatic heterocycles. The zero-order valence-electron chi connectivity index (χ0n) is 17.6. The Morgan fingerprint density at radius 2 is 1.88 bits per heavy atom. The number of cyclic esters (lactones) is 1. The Hall–Kier alpha value is -4.31. The molecule has 1 heterocycles. The van der Waals surface area contributed by atoms with Gasteiger partial charge in [0, 0.05) is 22.2 Å². The van der Waals surface area contributed by atoms with Crippen molar-refractivity contribution < 1.29 is 28.7 Å². The summed E-state index contributed by atoms with van der Waals surface area (Å²) in [5.41, 5.74) is 1.09. The highest BCUT2D eigenvalue weighted by Crippen LogP contribution is 2.31. The monoisotopic (exact) mass is 522 g/mol. The fraction of sp³-hybridized carbons (Fsp3) is 0.0417. The van der Waals surface area contributed by atoms with Crippen LogP contribution in [0, 0.1) is 10.1 Å². The summed E-state index contributed by atoms with van der Waals surface area (Å²) in [6, 6.07) is 17.0. The summed E-state index contributed by atoms with van der Waals surface area (Å²) in [5, 5.41) is 10.9. The molecular formula is C24H15BrN2O7. The second-order valence-electron chi connectivity index (χ2n) is 6.95. The summed E-state index contributed by atoms with van der Waals surface area (Å²) in [7, 11) is 1.39. The Labute approximate surface area is 201 Å². The molecule has 10 heteroatoms. The van der Waals surface area contributed by atoms with Gasteiger partial charge in [-0.25, -0.2) is 14.6 Å². The van der Waals surface area contributed by atoms with Crippen molar-refractivity contribution in [2.45, 2.75) is 0 Å². The second kappa shape index (κ2) is 9.67. The van der Waals surface area contributed by atoms with E-state index in [-0.39, 0.29) is 34.3 Å². The lowest BCUT2D eigenvalue weighted by molar-refractivity contribution is -0.384. The number of non-ortho nitro benzene ring substituents is 1. The number of esters is 2. The van der Waals surface area contributed by atoms with Crippen LogP contribution >= 0.6 is 15.9 Å². The van der Waals surface area contributed by atoms with Crippen LogP contribution in [0.25, 0.3) is 6.08 Å². The predicted molar refractivity (Wildman–Crippen MR) is 126 cm³/mol. The van der Waals surface area contributed by atoms with Gasteiger partial charge in [-0.05, 0) is 48.0 Å². The molecule has 3 aromatic rings. The van der Waals surface area contributed by atoms with Gasteiger partial charge in [0.15, 0.2) is 17.2 Å². The Balaban J connectivity index is 1.57. The molecule has 1 aliphatic rings. The fourth-order valence-corrected chi connectivity index (χ4v) is 3.47. The molecule has 170 valence electrons. The molecule has 0 N–H and O–H groups in total. The lowest BCUT2D eigenvalue weighted by Crippen LogP contribution is -2.09. The van der Waals surface area contributed by atoms with E-state index in [1.807, 2.05) is 6.07 Å². The van der Waals surface area contributed by atoms with E-state index in [1.54, 1.807) is 30.3 Å². The number of nitro benzene ring substituents is 1. The molecule has 0 aliphatic carbocycles. The summed E-state index contributed by atoms with van der Waals surface area (Å²) in [4.78, 5) is 39.4. The van der Waals surface area contributed by atoms with Crippen LogP contribution in [0.5, 0.6) is 11.5 Å². The Kier molecular flexibility index (Phi) is 6.51. The zero-order chi connectivity index (χ0) is 24.2. The molecule has 0 saturated heterocycles.